The molecule has 0 saturated heterocycles. The van der Waals surface area contributed by atoms with Crippen molar-refractivity contribution < 1.29 is 5.21 Å². The molecule has 0 saturated carbocycles. The highest BCUT2D eigenvalue weighted by Gasteiger charge is 1.94. The Hall–Kier alpha value is -1.35. The molecular weight excluding hydrogens is 140 g/mol. The summed E-state index contributed by atoms with van der Waals surface area (Å²) in [5.41, 5.74) is 7.27. The first-order valence-corrected chi connectivity index (χ1v) is 3.34. The van der Waals surface area contributed by atoms with Crippen LogP contribution in [-0.4, -0.2) is 11.4 Å². The molecule has 1 rings (SSSR count). The van der Waals surface area contributed by atoms with Gasteiger partial charge in [-0.1, -0.05) is 29.4 Å². The molecule has 3 N–H and O–H groups in total. The second-order valence-electron chi connectivity index (χ2n) is 2.15. The third-order valence-electron chi connectivity index (χ3n) is 1.47. The SMILES string of the molecule is NCc1ccccc1/C=N\O. The van der Waals surface area contributed by atoms with Crippen LogP contribution in [0.5, 0.6) is 0 Å². The van der Waals surface area contributed by atoms with Gasteiger partial charge in [-0.25, -0.2) is 0 Å². The first-order chi connectivity index (χ1) is 5.38. The Morgan fingerprint density at radius 2 is 2.18 bits per heavy atom. The highest BCUT2D eigenvalue weighted by molar-refractivity contribution is 5.81. The molecule has 0 fully saturated rings. The lowest BCUT2D eigenvalue weighted by molar-refractivity contribution is 0.322. The predicted molar refractivity (Wildman–Crippen MR) is 43.7 cm³/mol. The lowest BCUT2D eigenvalue weighted by Gasteiger charge is -1.99. The van der Waals surface area contributed by atoms with Crippen LogP contribution in [0.2, 0.25) is 0 Å². The summed E-state index contributed by atoms with van der Waals surface area (Å²) in [5.74, 6) is 0. The Bertz CT molecular complexity index is 258. The van der Waals surface area contributed by atoms with Crippen molar-refractivity contribution in [2.24, 2.45) is 10.9 Å². The fraction of sp³-hybridized carbons (Fsp3) is 0.125. The monoisotopic (exact) mass is 150 g/mol. The van der Waals surface area contributed by atoms with Crippen molar-refractivity contribution in [1.82, 2.24) is 0 Å². The molecule has 3 nitrogen and oxygen atoms in total. The predicted octanol–water partition coefficient (Wildman–Crippen LogP) is 0.953. The fourth-order valence-corrected chi connectivity index (χ4v) is 0.908. The van der Waals surface area contributed by atoms with E-state index in [4.69, 9.17) is 10.9 Å². The summed E-state index contributed by atoms with van der Waals surface area (Å²) in [5, 5.41) is 11.2. The fourth-order valence-electron chi connectivity index (χ4n) is 0.908. The van der Waals surface area contributed by atoms with Gasteiger partial charge in [-0.3, -0.25) is 0 Å². The Kier molecular flexibility index (Phi) is 2.63. The third-order valence-corrected chi connectivity index (χ3v) is 1.47. The first-order valence-electron chi connectivity index (χ1n) is 3.34. The summed E-state index contributed by atoms with van der Waals surface area (Å²) in [6, 6.07) is 7.52. The molecule has 0 spiro atoms. The van der Waals surface area contributed by atoms with E-state index in [1.54, 1.807) is 0 Å². The number of benzene rings is 1. The molecule has 0 heterocycles. The molecule has 58 valence electrons. The smallest absolute Gasteiger partial charge is 0.0737 e. The lowest BCUT2D eigenvalue weighted by atomic mass is 10.1. The van der Waals surface area contributed by atoms with Crippen LogP contribution in [0.3, 0.4) is 0 Å². The number of hydrogen-bond acceptors (Lipinski definition) is 3. The van der Waals surface area contributed by atoms with Gasteiger partial charge >= 0.3 is 0 Å². The van der Waals surface area contributed by atoms with Crippen LogP contribution in [0, 0.1) is 0 Å². The zero-order valence-corrected chi connectivity index (χ0v) is 6.07. The Balaban J connectivity index is 3.02. The summed E-state index contributed by atoms with van der Waals surface area (Å²) in [4.78, 5) is 0. The molecule has 1 aromatic rings. The molecule has 0 bridgehead atoms. The maximum absolute atomic E-state index is 8.27. The molecule has 0 aromatic heterocycles. The van der Waals surface area contributed by atoms with E-state index in [0.29, 0.717) is 6.54 Å². The van der Waals surface area contributed by atoms with Gasteiger partial charge < -0.3 is 10.9 Å². The van der Waals surface area contributed by atoms with Crippen molar-refractivity contribution in [3.63, 3.8) is 0 Å². The van der Waals surface area contributed by atoms with Crippen LogP contribution >= 0.6 is 0 Å². The molecule has 1 aromatic carbocycles. The van der Waals surface area contributed by atoms with Gasteiger partial charge in [0.05, 0.1) is 6.21 Å². The second-order valence-corrected chi connectivity index (χ2v) is 2.15. The number of hydrogen-bond donors (Lipinski definition) is 2. The molecule has 0 unspecified atom stereocenters. The van der Waals surface area contributed by atoms with E-state index in [1.165, 1.54) is 6.21 Å². The molecule has 0 amide bonds. The Labute approximate surface area is 65.1 Å². The standard InChI is InChI=1S/C8H10N2O/c9-5-7-3-1-2-4-8(7)6-10-11/h1-4,6,11H,5,9H2/b10-6-. The first kappa shape index (κ1) is 7.75. The second kappa shape index (κ2) is 3.73. The van der Waals surface area contributed by atoms with Crippen molar-refractivity contribution in [2.45, 2.75) is 6.54 Å². The number of nitrogens with zero attached hydrogens (tertiary/aromatic N) is 1. The van der Waals surface area contributed by atoms with Crippen LogP contribution in [-0.2, 0) is 6.54 Å². The average molecular weight is 150 g/mol. The van der Waals surface area contributed by atoms with E-state index < -0.39 is 0 Å². The quantitative estimate of drug-likeness (QED) is 0.374. The summed E-state index contributed by atoms with van der Waals surface area (Å²) in [6.07, 6.45) is 1.38. The van der Waals surface area contributed by atoms with Crippen molar-refractivity contribution >= 4 is 6.21 Å². The van der Waals surface area contributed by atoms with Gasteiger partial charge in [-0.2, -0.15) is 0 Å². The van der Waals surface area contributed by atoms with Gasteiger partial charge in [0.25, 0.3) is 0 Å². The third kappa shape index (κ3) is 1.78. The van der Waals surface area contributed by atoms with Gasteiger partial charge in [0.2, 0.25) is 0 Å². The topological polar surface area (TPSA) is 58.6 Å². The van der Waals surface area contributed by atoms with Crippen molar-refractivity contribution in [2.75, 3.05) is 0 Å². The Morgan fingerprint density at radius 3 is 2.82 bits per heavy atom. The molecule has 11 heavy (non-hydrogen) atoms. The molecular formula is C8H10N2O. The summed E-state index contributed by atoms with van der Waals surface area (Å²) in [7, 11) is 0. The maximum Gasteiger partial charge on any atom is 0.0737 e. The number of nitrogens with two attached hydrogens (primary N) is 1. The molecule has 0 aliphatic heterocycles. The summed E-state index contributed by atoms with van der Waals surface area (Å²) < 4.78 is 0. The van der Waals surface area contributed by atoms with E-state index in [-0.39, 0.29) is 0 Å². The van der Waals surface area contributed by atoms with Crippen LogP contribution in [0.4, 0.5) is 0 Å². The van der Waals surface area contributed by atoms with Crippen LogP contribution in [0.25, 0.3) is 0 Å². The van der Waals surface area contributed by atoms with Gasteiger partial charge in [-0.15, -0.1) is 0 Å². The van der Waals surface area contributed by atoms with Crippen LogP contribution in [0.15, 0.2) is 29.4 Å². The minimum Gasteiger partial charge on any atom is -0.411 e. The van der Waals surface area contributed by atoms with Crippen molar-refractivity contribution in [3.05, 3.63) is 35.4 Å². The van der Waals surface area contributed by atoms with E-state index in [0.717, 1.165) is 11.1 Å². The summed E-state index contributed by atoms with van der Waals surface area (Å²) in [6.45, 7) is 0.461. The highest BCUT2D eigenvalue weighted by Crippen LogP contribution is 2.04. The molecule has 3 heteroatoms. The van der Waals surface area contributed by atoms with Crippen molar-refractivity contribution in [3.8, 4) is 0 Å². The molecule has 0 aliphatic rings. The van der Waals surface area contributed by atoms with Gasteiger partial charge in [0.1, 0.15) is 0 Å². The zero-order valence-electron chi connectivity index (χ0n) is 6.07. The molecule has 0 radical (unpaired) electrons. The van der Waals surface area contributed by atoms with Gasteiger partial charge in [0.15, 0.2) is 0 Å². The van der Waals surface area contributed by atoms with E-state index in [9.17, 15) is 0 Å². The average Bonchev–Trinajstić information content (AvgIpc) is 2.06. The van der Waals surface area contributed by atoms with Crippen LogP contribution in [0.1, 0.15) is 11.1 Å². The Morgan fingerprint density at radius 1 is 1.45 bits per heavy atom. The van der Waals surface area contributed by atoms with Gasteiger partial charge in [0, 0.05) is 12.1 Å². The largest absolute Gasteiger partial charge is 0.411 e. The van der Waals surface area contributed by atoms with Crippen LogP contribution < -0.4 is 5.73 Å². The van der Waals surface area contributed by atoms with E-state index >= 15 is 0 Å². The highest BCUT2D eigenvalue weighted by atomic mass is 16.4. The summed E-state index contributed by atoms with van der Waals surface area (Å²) >= 11 is 0. The molecule has 0 aliphatic carbocycles. The normalized spacial score (nSPS) is 10.6. The van der Waals surface area contributed by atoms with Crippen molar-refractivity contribution in [1.29, 1.82) is 0 Å². The van der Waals surface area contributed by atoms with E-state index in [1.807, 2.05) is 24.3 Å². The minimum absolute atomic E-state index is 0.461. The number of rotatable bonds is 2. The minimum atomic E-state index is 0.461. The molecule has 0 atom stereocenters. The van der Waals surface area contributed by atoms with Gasteiger partial charge in [-0.05, 0) is 5.56 Å². The zero-order chi connectivity index (χ0) is 8.10. The van der Waals surface area contributed by atoms with E-state index in [2.05, 4.69) is 5.16 Å². The number of oxime groups is 1. The lowest BCUT2D eigenvalue weighted by Crippen LogP contribution is -2.00. The maximum atomic E-state index is 8.27.